The first-order valence-corrected chi connectivity index (χ1v) is 9.36. The molecule has 1 aliphatic heterocycles. The molecular weight excluding hydrogens is 387 g/mol. The highest BCUT2D eigenvalue weighted by Crippen LogP contribution is 2.45. The number of alkyl halides is 1. The van der Waals surface area contributed by atoms with Gasteiger partial charge in [-0.05, 0) is 17.7 Å². The molecule has 0 fully saturated rings. The lowest BCUT2D eigenvalue weighted by Crippen LogP contribution is -2.22. The molecule has 0 saturated carbocycles. The molecule has 0 saturated heterocycles. The van der Waals surface area contributed by atoms with E-state index < -0.39 is 30.5 Å². The number of hydrogen-bond donors (Lipinski definition) is 2. The van der Waals surface area contributed by atoms with Gasteiger partial charge in [0, 0.05) is 18.2 Å². The van der Waals surface area contributed by atoms with E-state index in [1.807, 2.05) is 30.3 Å². The maximum absolute atomic E-state index is 13.8. The van der Waals surface area contributed by atoms with Crippen LogP contribution in [0.25, 0.3) is 0 Å². The van der Waals surface area contributed by atoms with Crippen LogP contribution in [0.15, 0.2) is 61.2 Å². The van der Waals surface area contributed by atoms with E-state index >= 15 is 0 Å². The molecule has 3 aromatic rings. The van der Waals surface area contributed by atoms with Crippen molar-refractivity contribution in [1.82, 2.24) is 15.3 Å². The predicted molar refractivity (Wildman–Crippen MR) is 108 cm³/mol. The molecule has 2 N–H and O–H groups in total. The number of aromatic nitrogens is 2. The smallest absolute Gasteiger partial charge is 0.255 e. The van der Waals surface area contributed by atoms with Gasteiger partial charge in [0.05, 0.1) is 29.6 Å². The van der Waals surface area contributed by atoms with E-state index in [-0.39, 0.29) is 11.1 Å². The number of benzene rings is 2. The summed E-state index contributed by atoms with van der Waals surface area (Å²) in [5.74, 6) is -1.00. The Balaban J connectivity index is 1.81. The Bertz CT molecular complexity index is 1080. The third-order valence-electron chi connectivity index (χ3n) is 4.96. The van der Waals surface area contributed by atoms with Crippen molar-refractivity contribution in [3.05, 3.63) is 83.4 Å². The van der Waals surface area contributed by atoms with Crippen molar-refractivity contribution < 1.29 is 18.7 Å². The molecule has 7 nitrogen and oxygen atoms in total. The number of fused-ring (bicyclic) bond motifs is 1. The Morgan fingerprint density at radius 1 is 1.10 bits per heavy atom. The summed E-state index contributed by atoms with van der Waals surface area (Å²) in [6.45, 7) is -0.732. The molecule has 2 amide bonds. The van der Waals surface area contributed by atoms with Crippen LogP contribution >= 0.6 is 0 Å². The predicted octanol–water partition coefficient (Wildman–Crippen LogP) is 2.95. The highest BCUT2D eigenvalue weighted by atomic mass is 19.1. The fraction of sp³-hybridized carbons (Fsp3) is 0.182. The van der Waals surface area contributed by atoms with Crippen LogP contribution in [0.5, 0.6) is 5.75 Å². The summed E-state index contributed by atoms with van der Waals surface area (Å²) in [6, 6.07) is 12.4. The lowest BCUT2D eigenvalue weighted by molar-refractivity contribution is 0.0955. The van der Waals surface area contributed by atoms with E-state index in [0.29, 0.717) is 17.0 Å². The highest BCUT2D eigenvalue weighted by molar-refractivity contribution is 6.07. The monoisotopic (exact) mass is 406 g/mol. The van der Waals surface area contributed by atoms with Gasteiger partial charge in [-0.1, -0.05) is 30.3 Å². The number of rotatable bonds is 5. The van der Waals surface area contributed by atoms with Crippen molar-refractivity contribution >= 4 is 17.5 Å². The largest absolute Gasteiger partial charge is 0.486 e. The number of carbonyl (C=O) groups is 2. The maximum Gasteiger partial charge on any atom is 0.255 e. The summed E-state index contributed by atoms with van der Waals surface area (Å²) in [5, 5.41) is 5.25. The maximum atomic E-state index is 13.8. The molecule has 4 rings (SSSR count). The zero-order chi connectivity index (χ0) is 21.1. The van der Waals surface area contributed by atoms with Crippen LogP contribution in [0.3, 0.4) is 0 Å². The quantitative estimate of drug-likeness (QED) is 0.680. The number of carbonyl (C=O) groups excluding carboxylic acids is 2. The number of anilines is 1. The van der Waals surface area contributed by atoms with Crippen molar-refractivity contribution in [3.63, 3.8) is 0 Å². The van der Waals surface area contributed by atoms with Gasteiger partial charge in [0.25, 0.3) is 11.8 Å². The van der Waals surface area contributed by atoms with Crippen molar-refractivity contribution in [3.8, 4) is 5.75 Å². The molecule has 0 bridgehead atoms. The molecule has 1 aromatic heterocycles. The Morgan fingerprint density at radius 3 is 2.50 bits per heavy atom. The Hall–Kier alpha value is -3.81. The lowest BCUT2D eigenvalue weighted by atomic mass is 9.86. The average Bonchev–Trinajstić information content (AvgIpc) is 3.17. The van der Waals surface area contributed by atoms with E-state index in [2.05, 4.69) is 20.6 Å². The van der Waals surface area contributed by atoms with Gasteiger partial charge in [0.1, 0.15) is 24.9 Å². The molecule has 2 heterocycles. The molecule has 2 atom stereocenters. The van der Waals surface area contributed by atoms with Crippen molar-refractivity contribution in [1.29, 1.82) is 0 Å². The van der Waals surface area contributed by atoms with E-state index in [4.69, 9.17) is 4.74 Å². The number of nitrogens with one attached hydrogen (secondary N) is 2. The first kappa shape index (κ1) is 19.5. The topological polar surface area (TPSA) is 93.2 Å². The first-order chi connectivity index (χ1) is 14.6. The minimum absolute atomic E-state index is 0.182. The van der Waals surface area contributed by atoms with Crippen LogP contribution in [0.1, 0.15) is 37.8 Å². The molecule has 0 radical (unpaired) electrons. The highest BCUT2D eigenvalue weighted by Gasteiger charge is 2.39. The van der Waals surface area contributed by atoms with Gasteiger partial charge >= 0.3 is 0 Å². The zero-order valence-electron chi connectivity index (χ0n) is 16.1. The average molecular weight is 406 g/mol. The molecule has 0 spiro atoms. The number of nitrogens with zero attached hydrogens (tertiary/aromatic N) is 2. The summed E-state index contributed by atoms with van der Waals surface area (Å²) >= 11 is 0. The Labute approximate surface area is 172 Å². The van der Waals surface area contributed by atoms with Gasteiger partial charge in [-0.3, -0.25) is 9.59 Å². The molecule has 0 aliphatic carbocycles. The minimum Gasteiger partial charge on any atom is -0.486 e. The molecule has 0 unspecified atom stereocenters. The Morgan fingerprint density at radius 2 is 1.83 bits per heavy atom. The van der Waals surface area contributed by atoms with Crippen LogP contribution in [-0.4, -0.2) is 41.6 Å². The summed E-state index contributed by atoms with van der Waals surface area (Å²) < 4.78 is 19.7. The van der Waals surface area contributed by atoms with Crippen molar-refractivity contribution in [2.45, 2.75) is 12.0 Å². The van der Waals surface area contributed by atoms with E-state index in [1.54, 1.807) is 6.07 Å². The zero-order valence-corrected chi connectivity index (χ0v) is 16.1. The van der Waals surface area contributed by atoms with Crippen LogP contribution in [0, 0.1) is 0 Å². The molecular formula is C22H19FN4O3. The fourth-order valence-electron chi connectivity index (χ4n) is 3.61. The second-order valence-corrected chi connectivity index (χ2v) is 6.80. The second-order valence-electron chi connectivity index (χ2n) is 6.80. The van der Waals surface area contributed by atoms with E-state index in [0.717, 1.165) is 5.56 Å². The van der Waals surface area contributed by atoms with Gasteiger partial charge in [-0.15, -0.1) is 0 Å². The van der Waals surface area contributed by atoms with Gasteiger partial charge in [-0.2, -0.15) is 0 Å². The van der Waals surface area contributed by atoms with Gasteiger partial charge in [0.15, 0.2) is 0 Å². The standard InChI is InChI=1S/C22H19FN4O3/c1-24-22(29)17-8-14(21(28)27-15-10-25-12-26-11-15)7-16-19(13-5-3-2-4-6-13)18(9-23)30-20(16)17/h2-8,10-12,18-19H,9H2,1H3,(H,24,29)(H,27,28)/t18-,19+/m0/s1. The minimum atomic E-state index is -0.786. The van der Waals surface area contributed by atoms with Gasteiger partial charge in [0.2, 0.25) is 0 Å². The van der Waals surface area contributed by atoms with Crippen LogP contribution in [-0.2, 0) is 0 Å². The van der Waals surface area contributed by atoms with Gasteiger partial charge in [-0.25, -0.2) is 14.4 Å². The number of hydrogen-bond acceptors (Lipinski definition) is 5. The van der Waals surface area contributed by atoms with E-state index in [1.165, 1.54) is 31.8 Å². The molecule has 2 aromatic carbocycles. The van der Waals surface area contributed by atoms with Crippen LogP contribution in [0.2, 0.25) is 0 Å². The summed E-state index contributed by atoms with van der Waals surface area (Å²) in [7, 11) is 1.49. The van der Waals surface area contributed by atoms with Gasteiger partial charge < -0.3 is 15.4 Å². The first-order valence-electron chi connectivity index (χ1n) is 9.36. The second kappa shape index (κ2) is 8.28. The Kier molecular flexibility index (Phi) is 5.38. The van der Waals surface area contributed by atoms with Crippen molar-refractivity contribution in [2.75, 3.05) is 19.0 Å². The molecule has 8 heteroatoms. The van der Waals surface area contributed by atoms with E-state index in [9.17, 15) is 14.0 Å². The SMILES string of the molecule is CNC(=O)c1cc(C(=O)Nc2cncnc2)cc2c1O[C@@H](CF)[C@@H]2c1ccccc1. The summed E-state index contributed by atoms with van der Waals surface area (Å²) in [6.07, 6.45) is 3.50. The lowest BCUT2D eigenvalue weighted by Gasteiger charge is -2.16. The van der Waals surface area contributed by atoms with Crippen molar-refractivity contribution in [2.24, 2.45) is 0 Å². The fourth-order valence-corrected chi connectivity index (χ4v) is 3.61. The molecule has 1 aliphatic rings. The summed E-state index contributed by atoms with van der Waals surface area (Å²) in [4.78, 5) is 33.1. The normalized spacial score (nSPS) is 17.0. The number of ether oxygens (including phenoxy) is 1. The number of halogens is 1. The molecule has 152 valence electrons. The molecule has 30 heavy (non-hydrogen) atoms. The summed E-state index contributed by atoms with van der Waals surface area (Å²) in [5.41, 5.74) is 2.29. The third kappa shape index (κ3) is 3.59. The third-order valence-corrected chi connectivity index (χ3v) is 4.96. The van der Waals surface area contributed by atoms with Crippen LogP contribution in [0.4, 0.5) is 10.1 Å². The van der Waals surface area contributed by atoms with Crippen LogP contribution < -0.4 is 15.4 Å². The number of amides is 2.